The predicted octanol–water partition coefficient (Wildman–Crippen LogP) is 1.91. The maximum Gasteiger partial charge on any atom is 0.359 e. The van der Waals surface area contributed by atoms with Gasteiger partial charge in [-0.15, -0.1) is 0 Å². The molecule has 1 aromatic heterocycles. The summed E-state index contributed by atoms with van der Waals surface area (Å²) in [5, 5.41) is 3.85. The highest BCUT2D eigenvalue weighted by Crippen LogP contribution is 2.39. The van der Waals surface area contributed by atoms with Crippen molar-refractivity contribution in [1.82, 2.24) is 9.78 Å². The van der Waals surface area contributed by atoms with Gasteiger partial charge in [-0.3, -0.25) is 0 Å². The first-order valence-corrected chi connectivity index (χ1v) is 5.39. The van der Waals surface area contributed by atoms with Crippen molar-refractivity contribution in [3.8, 4) is 0 Å². The van der Waals surface area contributed by atoms with Gasteiger partial charge in [0.05, 0.1) is 18.2 Å². The number of nitrogens with zero attached hydrogens (tertiary/aromatic N) is 2. The van der Waals surface area contributed by atoms with Gasteiger partial charge < -0.3 is 10.5 Å². The SMILES string of the molecule is CCOC(=O)c1nn(C2CC2)c(N)c1C(F)F. The zero-order valence-electron chi connectivity index (χ0n) is 9.32. The van der Waals surface area contributed by atoms with E-state index < -0.39 is 18.0 Å². The number of anilines is 1. The molecule has 1 fully saturated rings. The number of nitrogens with two attached hydrogens (primary N) is 1. The Bertz CT molecular complexity index is 441. The molecule has 94 valence electrons. The lowest BCUT2D eigenvalue weighted by Crippen LogP contribution is -2.09. The fraction of sp³-hybridized carbons (Fsp3) is 0.600. The third-order valence-electron chi connectivity index (χ3n) is 2.57. The van der Waals surface area contributed by atoms with Crippen LogP contribution in [0.15, 0.2) is 0 Å². The van der Waals surface area contributed by atoms with Gasteiger partial charge in [-0.1, -0.05) is 0 Å². The first-order chi connectivity index (χ1) is 8.06. The topological polar surface area (TPSA) is 70.1 Å². The molecule has 0 bridgehead atoms. The number of carbonyl (C=O) groups is 1. The Morgan fingerprint density at radius 3 is 2.76 bits per heavy atom. The van der Waals surface area contributed by atoms with Gasteiger partial charge in [0.15, 0.2) is 5.69 Å². The lowest BCUT2D eigenvalue weighted by molar-refractivity contribution is 0.0508. The molecule has 2 N–H and O–H groups in total. The summed E-state index contributed by atoms with van der Waals surface area (Å²) in [7, 11) is 0. The number of hydrogen-bond acceptors (Lipinski definition) is 4. The van der Waals surface area contributed by atoms with E-state index in [2.05, 4.69) is 9.84 Å². The molecule has 0 radical (unpaired) electrons. The summed E-state index contributed by atoms with van der Waals surface area (Å²) in [4.78, 5) is 11.5. The normalized spacial score (nSPS) is 15.3. The van der Waals surface area contributed by atoms with Gasteiger partial charge in [0.2, 0.25) is 0 Å². The summed E-state index contributed by atoms with van der Waals surface area (Å²) in [5.41, 5.74) is 4.71. The molecular weight excluding hydrogens is 232 g/mol. The Labute approximate surface area is 96.5 Å². The van der Waals surface area contributed by atoms with Gasteiger partial charge >= 0.3 is 5.97 Å². The molecule has 2 rings (SSSR count). The second kappa shape index (κ2) is 4.31. The highest BCUT2D eigenvalue weighted by atomic mass is 19.3. The molecule has 1 heterocycles. The zero-order chi connectivity index (χ0) is 12.6. The summed E-state index contributed by atoms with van der Waals surface area (Å²) in [6.07, 6.45) is -1.14. The van der Waals surface area contributed by atoms with Crippen molar-refractivity contribution in [2.45, 2.75) is 32.2 Å². The standard InChI is InChI=1S/C10H13F2N3O2/c1-2-17-10(16)7-6(8(11)12)9(13)15(14-7)5-3-4-5/h5,8H,2-4,13H2,1H3. The minimum atomic E-state index is -2.83. The first-order valence-electron chi connectivity index (χ1n) is 5.39. The van der Waals surface area contributed by atoms with Crippen LogP contribution in [0.3, 0.4) is 0 Å². The Kier molecular flexibility index (Phi) is 2.99. The van der Waals surface area contributed by atoms with Gasteiger partial charge in [0.1, 0.15) is 5.82 Å². The van der Waals surface area contributed by atoms with Crippen molar-refractivity contribution in [3.05, 3.63) is 11.3 Å². The van der Waals surface area contributed by atoms with Crippen LogP contribution < -0.4 is 5.73 Å². The average Bonchev–Trinajstić information content (AvgIpc) is 3.02. The Balaban J connectivity index is 2.41. The molecule has 0 amide bonds. The maximum atomic E-state index is 12.8. The molecule has 0 saturated heterocycles. The monoisotopic (exact) mass is 245 g/mol. The summed E-state index contributed by atoms with van der Waals surface area (Å²) in [6, 6.07) is 0.0377. The molecule has 7 heteroatoms. The van der Waals surface area contributed by atoms with E-state index in [-0.39, 0.29) is 24.2 Å². The minimum Gasteiger partial charge on any atom is -0.461 e. The highest BCUT2D eigenvalue weighted by molar-refractivity contribution is 5.90. The number of rotatable bonds is 4. The fourth-order valence-corrected chi connectivity index (χ4v) is 1.62. The quantitative estimate of drug-likeness (QED) is 0.822. The summed E-state index contributed by atoms with van der Waals surface area (Å²) >= 11 is 0. The van der Waals surface area contributed by atoms with E-state index in [4.69, 9.17) is 5.73 Å². The smallest absolute Gasteiger partial charge is 0.359 e. The van der Waals surface area contributed by atoms with Crippen LogP contribution >= 0.6 is 0 Å². The van der Waals surface area contributed by atoms with Crippen molar-refractivity contribution < 1.29 is 18.3 Å². The predicted molar refractivity (Wildman–Crippen MR) is 55.8 cm³/mol. The van der Waals surface area contributed by atoms with E-state index in [0.29, 0.717) is 0 Å². The molecular formula is C10H13F2N3O2. The third kappa shape index (κ3) is 2.09. The van der Waals surface area contributed by atoms with Crippen molar-refractivity contribution in [1.29, 1.82) is 0 Å². The fourth-order valence-electron chi connectivity index (χ4n) is 1.62. The molecule has 0 atom stereocenters. The van der Waals surface area contributed by atoms with Crippen LogP contribution in [-0.4, -0.2) is 22.4 Å². The van der Waals surface area contributed by atoms with Crippen LogP contribution in [0.1, 0.15) is 48.3 Å². The second-order valence-corrected chi connectivity index (χ2v) is 3.84. The molecule has 0 unspecified atom stereocenters. The number of carbonyl (C=O) groups excluding carboxylic acids is 1. The molecule has 1 aliphatic carbocycles. The number of hydrogen-bond donors (Lipinski definition) is 1. The first kappa shape index (κ1) is 11.8. The van der Waals surface area contributed by atoms with E-state index in [1.165, 1.54) is 4.68 Å². The number of ether oxygens (including phenoxy) is 1. The van der Waals surface area contributed by atoms with E-state index in [0.717, 1.165) is 12.8 Å². The van der Waals surface area contributed by atoms with E-state index >= 15 is 0 Å². The van der Waals surface area contributed by atoms with Crippen molar-refractivity contribution in [2.24, 2.45) is 0 Å². The molecule has 0 aliphatic heterocycles. The minimum absolute atomic E-state index is 0.0377. The van der Waals surface area contributed by atoms with E-state index in [9.17, 15) is 13.6 Å². The van der Waals surface area contributed by atoms with Crippen LogP contribution in [0.4, 0.5) is 14.6 Å². The molecule has 1 aliphatic rings. The van der Waals surface area contributed by atoms with Crippen LogP contribution in [0.2, 0.25) is 0 Å². The van der Waals surface area contributed by atoms with Gasteiger partial charge in [0.25, 0.3) is 6.43 Å². The van der Waals surface area contributed by atoms with Gasteiger partial charge in [-0.25, -0.2) is 18.3 Å². The second-order valence-electron chi connectivity index (χ2n) is 3.84. The van der Waals surface area contributed by atoms with Crippen LogP contribution in [-0.2, 0) is 4.74 Å². The number of alkyl halides is 2. The van der Waals surface area contributed by atoms with Crippen LogP contribution in [0.25, 0.3) is 0 Å². The van der Waals surface area contributed by atoms with Gasteiger partial charge in [0, 0.05) is 0 Å². The molecule has 1 aromatic rings. The van der Waals surface area contributed by atoms with Crippen LogP contribution in [0, 0.1) is 0 Å². The van der Waals surface area contributed by atoms with E-state index in [1.54, 1.807) is 6.92 Å². The molecule has 5 nitrogen and oxygen atoms in total. The van der Waals surface area contributed by atoms with E-state index in [1.807, 2.05) is 0 Å². The van der Waals surface area contributed by atoms with Crippen molar-refractivity contribution in [2.75, 3.05) is 12.3 Å². The van der Waals surface area contributed by atoms with Gasteiger partial charge in [-0.2, -0.15) is 5.10 Å². The third-order valence-corrected chi connectivity index (χ3v) is 2.57. The molecule has 0 aromatic carbocycles. The van der Waals surface area contributed by atoms with Crippen LogP contribution in [0.5, 0.6) is 0 Å². The maximum absolute atomic E-state index is 12.8. The summed E-state index contributed by atoms with van der Waals surface area (Å²) in [6.45, 7) is 1.71. The van der Waals surface area contributed by atoms with Gasteiger partial charge in [-0.05, 0) is 19.8 Å². The molecule has 17 heavy (non-hydrogen) atoms. The largest absolute Gasteiger partial charge is 0.461 e. The average molecular weight is 245 g/mol. The summed E-state index contributed by atoms with van der Waals surface area (Å²) in [5.74, 6) is -0.987. The van der Waals surface area contributed by atoms with Crippen molar-refractivity contribution >= 4 is 11.8 Å². The summed E-state index contributed by atoms with van der Waals surface area (Å²) < 4.78 is 31.7. The molecule has 0 spiro atoms. The Morgan fingerprint density at radius 1 is 1.65 bits per heavy atom. The molecule has 1 saturated carbocycles. The highest BCUT2D eigenvalue weighted by Gasteiger charge is 2.34. The zero-order valence-corrected chi connectivity index (χ0v) is 9.32. The number of esters is 1. The Hall–Kier alpha value is -1.66. The van der Waals surface area contributed by atoms with Crippen molar-refractivity contribution in [3.63, 3.8) is 0 Å². The number of nitrogen functional groups attached to an aromatic ring is 1. The lowest BCUT2D eigenvalue weighted by Gasteiger charge is -2.02. The number of halogens is 2. The number of aromatic nitrogens is 2. The lowest BCUT2D eigenvalue weighted by atomic mass is 10.2. The Morgan fingerprint density at radius 2 is 2.29 bits per heavy atom.